The Kier molecular flexibility index (Phi) is 2.12. The van der Waals surface area contributed by atoms with Crippen molar-refractivity contribution in [1.29, 1.82) is 0 Å². The standard InChI is InChI=1S/C16H17N/c1-9-7-13-8-15-14(6-5-10(2)17-15)16(13)12(4)11(9)3/h5-7H,8H2,1-4H3. The predicted octanol–water partition coefficient (Wildman–Crippen LogP) is 3.89. The number of benzene rings is 1. The summed E-state index contributed by atoms with van der Waals surface area (Å²) >= 11 is 0. The molecule has 0 saturated heterocycles. The summed E-state index contributed by atoms with van der Waals surface area (Å²) in [5.74, 6) is 0. The van der Waals surface area contributed by atoms with Gasteiger partial charge in [-0.1, -0.05) is 12.1 Å². The van der Waals surface area contributed by atoms with Crippen LogP contribution in [0.1, 0.15) is 33.6 Å². The molecule has 1 aliphatic carbocycles. The van der Waals surface area contributed by atoms with Crippen molar-refractivity contribution in [1.82, 2.24) is 4.98 Å². The van der Waals surface area contributed by atoms with Gasteiger partial charge in [-0.25, -0.2) is 0 Å². The smallest absolute Gasteiger partial charge is 0.0529 e. The predicted molar refractivity (Wildman–Crippen MR) is 71.4 cm³/mol. The first-order valence-corrected chi connectivity index (χ1v) is 6.14. The number of fused-ring (bicyclic) bond motifs is 3. The van der Waals surface area contributed by atoms with Crippen LogP contribution in [0.4, 0.5) is 0 Å². The average Bonchev–Trinajstić information content (AvgIpc) is 2.63. The maximum Gasteiger partial charge on any atom is 0.0529 e. The van der Waals surface area contributed by atoms with Gasteiger partial charge in [0.25, 0.3) is 0 Å². The van der Waals surface area contributed by atoms with Gasteiger partial charge in [0.2, 0.25) is 0 Å². The van der Waals surface area contributed by atoms with Gasteiger partial charge in [-0.3, -0.25) is 4.98 Å². The molecule has 3 rings (SSSR count). The molecular formula is C16H17N. The topological polar surface area (TPSA) is 12.9 Å². The van der Waals surface area contributed by atoms with Crippen molar-refractivity contribution in [3.05, 3.63) is 51.8 Å². The molecule has 0 N–H and O–H groups in total. The fraction of sp³-hybridized carbons (Fsp3) is 0.312. The van der Waals surface area contributed by atoms with Crippen molar-refractivity contribution in [3.8, 4) is 11.1 Å². The Hall–Kier alpha value is -1.63. The summed E-state index contributed by atoms with van der Waals surface area (Å²) in [6.07, 6.45) is 0.994. The Bertz CT molecular complexity index is 624. The Morgan fingerprint density at radius 3 is 2.53 bits per heavy atom. The van der Waals surface area contributed by atoms with Crippen LogP contribution in [-0.2, 0) is 6.42 Å². The van der Waals surface area contributed by atoms with Crippen molar-refractivity contribution >= 4 is 0 Å². The van der Waals surface area contributed by atoms with Crippen molar-refractivity contribution in [2.24, 2.45) is 0 Å². The summed E-state index contributed by atoms with van der Waals surface area (Å²) in [5, 5.41) is 0. The van der Waals surface area contributed by atoms with Crippen LogP contribution in [0.15, 0.2) is 18.2 Å². The largest absolute Gasteiger partial charge is 0.257 e. The van der Waals surface area contributed by atoms with Crippen LogP contribution in [0.25, 0.3) is 11.1 Å². The first-order valence-electron chi connectivity index (χ1n) is 6.14. The fourth-order valence-corrected chi connectivity index (χ4v) is 2.83. The summed E-state index contributed by atoms with van der Waals surface area (Å²) in [6, 6.07) is 6.67. The van der Waals surface area contributed by atoms with Crippen molar-refractivity contribution in [2.75, 3.05) is 0 Å². The van der Waals surface area contributed by atoms with Gasteiger partial charge in [0.1, 0.15) is 0 Å². The molecule has 0 spiro atoms. The lowest BCUT2D eigenvalue weighted by molar-refractivity contribution is 1.07. The van der Waals surface area contributed by atoms with Crippen LogP contribution < -0.4 is 0 Å². The molecule has 0 bridgehead atoms. The number of pyridine rings is 1. The van der Waals surface area contributed by atoms with Gasteiger partial charge in [0, 0.05) is 17.7 Å². The highest BCUT2D eigenvalue weighted by Crippen LogP contribution is 2.39. The fourth-order valence-electron chi connectivity index (χ4n) is 2.83. The SMILES string of the molecule is Cc1ccc2c(n1)Cc1cc(C)c(C)c(C)c1-2. The second-order valence-electron chi connectivity index (χ2n) is 5.10. The summed E-state index contributed by atoms with van der Waals surface area (Å²) in [5.41, 5.74) is 10.8. The molecule has 1 heterocycles. The first-order chi connectivity index (χ1) is 8.08. The maximum absolute atomic E-state index is 4.67. The summed E-state index contributed by atoms with van der Waals surface area (Å²) in [6.45, 7) is 8.71. The third kappa shape index (κ3) is 1.42. The highest BCUT2D eigenvalue weighted by Gasteiger charge is 2.22. The van der Waals surface area contributed by atoms with Crippen molar-refractivity contribution in [3.63, 3.8) is 0 Å². The molecule has 86 valence electrons. The van der Waals surface area contributed by atoms with E-state index in [0.29, 0.717) is 0 Å². The van der Waals surface area contributed by atoms with E-state index >= 15 is 0 Å². The summed E-state index contributed by atoms with van der Waals surface area (Å²) < 4.78 is 0. The zero-order valence-electron chi connectivity index (χ0n) is 10.9. The monoisotopic (exact) mass is 223 g/mol. The molecule has 1 aromatic carbocycles. The Morgan fingerprint density at radius 2 is 1.76 bits per heavy atom. The van der Waals surface area contributed by atoms with E-state index in [-0.39, 0.29) is 0 Å². The lowest BCUT2D eigenvalue weighted by Crippen LogP contribution is -1.92. The molecule has 1 heteroatoms. The second kappa shape index (κ2) is 3.43. The van der Waals surface area contributed by atoms with Gasteiger partial charge in [0.15, 0.2) is 0 Å². The van der Waals surface area contributed by atoms with Crippen molar-refractivity contribution in [2.45, 2.75) is 34.1 Å². The number of aromatic nitrogens is 1. The molecule has 0 unspecified atom stereocenters. The molecule has 0 atom stereocenters. The molecule has 0 amide bonds. The minimum Gasteiger partial charge on any atom is -0.257 e. The Balaban J connectivity index is 2.32. The molecule has 2 aromatic rings. The van der Waals surface area contributed by atoms with Gasteiger partial charge >= 0.3 is 0 Å². The third-order valence-electron chi connectivity index (χ3n) is 3.98. The Morgan fingerprint density at radius 1 is 1.00 bits per heavy atom. The maximum atomic E-state index is 4.67. The quantitative estimate of drug-likeness (QED) is 0.563. The van der Waals surface area contributed by atoms with Gasteiger partial charge in [-0.15, -0.1) is 0 Å². The number of nitrogens with zero attached hydrogens (tertiary/aromatic N) is 1. The molecule has 1 aromatic heterocycles. The zero-order valence-corrected chi connectivity index (χ0v) is 10.9. The van der Waals surface area contributed by atoms with Crippen LogP contribution in [0.2, 0.25) is 0 Å². The lowest BCUT2D eigenvalue weighted by Gasteiger charge is -2.11. The second-order valence-corrected chi connectivity index (χ2v) is 5.10. The molecule has 0 radical (unpaired) electrons. The summed E-state index contributed by atoms with van der Waals surface area (Å²) in [7, 11) is 0. The molecular weight excluding hydrogens is 206 g/mol. The van der Waals surface area contributed by atoms with E-state index in [1.807, 2.05) is 0 Å². The number of aryl methyl sites for hydroxylation is 2. The van der Waals surface area contributed by atoms with Gasteiger partial charge < -0.3 is 0 Å². The molecule has 0 fully saturated rings. The van der Waals surface area contributed by atoms with Crippen molar-refractivity contribution < 1.29 is 0 Å². The van der Waals surface area contributed by atoms with E-state index in [1.54, 1.807) is 0 Å². The third-order valence-corrected chi connectivity index (χ3v) is 3.98. The molecule has 0 saturated carbocycles. The first kappa shape index (κ1) is 10.5. The average molecular weight is 223 g/mol. The Labute approximate surface area is 103 Å². The van der Waals surface area contributed by atoms with E-state index in [1.165, 1.54) is 39.1 Å². The normalized spacial score (nSPS) is 12.5. The van der Waals surface area contributed by atoms with E-state index in [0.717, 1.165) is 12.1 Å². The lowest BCUT2D eigenvalue weighted by atomic mass is 9.93. The zero-order chi connectivity index (χ0) is 12.2. The minimum atomic E-state index is 0.994. The van der Waals surface area contributed by atoms with Gasteiger partial charge in [-0.2, -0.15) is 0 Å². The number of rotatable bonds is 0. The highest BCUT2D eigenvalue weighted by atomic mass is 14.7. The number of hydrogen-bond donors (Lipinski definition) is 0. The van der Waals surface area contributed by atoms with Gasteiger partial charge in [-0.05, 0) is 61.6 Å². The van der Waals surface area contributed by atoms with E-state index in [2.05, 4.69) is 50.9 Å². The molecule has 17 heavy (non-hydrogen) atoms. The molecule has 0 aliphatic heterocycles. The highest BCUT2D eigenvalue weighted by molar-refractivity contribution is 5.79. The number of hydrogen-bond acceptors (Lipinski definition) is 1. The van der Waals surface area contributed by atoms with Gasteiger partial charge in [0.05, 0.1) is 5.69 Å². The van der Waals surface area contributed by atoms with E-state index < -0.39 is 0 Å². The molecule has 1 nitrogen and oxygen atoms in total. The van der Waals surface area contributed by atoms with Crippen LogP contribution in [0, 0.1) is 27.7 Å². The minimum absolute atomic E-state index is 0.994. The summed E-state index contributed by atoms with van der Waals surface area (Å²) in [4.78, 5) is 4.67. The van der Waals surface area contributed by atoms with E-state index in [9.17, 15) is 0 Å². The van der Waals surface area contributed by atoms with E-state index in [4.69, 9.17) is 0 Å². The van der Waals surface area contributed by atoms with Crippen LogP contribution in [0.5, 0.6) is 0 Å². The molecule has 1 aliphatic rings. The van der Waals surface area contributed by atoms with Crippen LogP contribution in [-0.4, -0.2) is 4.98 Å². The van der Waals surface area contributed by atoms with Crippen LogP contribution >= 0.6 is 0 Å². The van der Waals surface area contributed by atoms with Crippen LogP contribution in [0.3, 0.4) is 0 Å².